The third-order valence-corrected chi connectivity index (χ3v) is 2.48. The smallest absolute Gasteiger partial charge is 0.321 e. The molecule has 0 aromatic rings. The molecule has 3 N–H and O–H groups in total. The molecule has 16 heavy (non-hydrogen) atoms. The van der Waals surface area contributed by atoms with Gasteiger partial charge in [0.15, 0.2) is 0 Å². The van der Waals surface area contributed by atoms with Crippen molar-refractivity contribution in [2.75, 3.05) is 20.1 Å². The normalized spacial score (nSPS) is 22.2. The summed E-state index contributed by atoms with van der Waals surface area (Å²) < 4.78 is 5.54. The van der Waals surface area contributed by atoms with Crippen LogP contribution in [0.2, 0.25) is 0 Å². The van der Waals surface area contributed by atoms with Gasteiger partial charge in [-0.15, -0.1) is 0 Å². The second kappa shape index (κ2) is 6.44. The first-order valence-corrected chi connectivity index (χ1v) is 5.52. The summed E-state index contributed by atoms with van der Waals surface area (Å²) in [6.45, 7) is 3.41. The fraction of sp³-hybridized carbons (Fsp3) is 0.800. The molecule has 0 aliphatic carbocycles. The number of carbonyl (C=O) groups excluding carboxylic acids is 2. The zero-order valence-corrected chi connectivity index (χ0v) is 9.71. The molecule has 3 amide bonds. The molecule has 0 bridgehead atoms. The van der Waals surface area contributed by atoms with E-state index in [0.717, 1.165) is 25.9 Å². The molecule has 0 aromatic carbocycles. The van der Waals surface area contributed by atoms with Gasteiger partial charge >= 0.3 is 6.03 Å². The number of hydrogen-bond acceptors (Lipinski definition) is 4. The number of imide groups is 1. The molecule has 1 heterocycles. The number of urea groups is 1. The van der Waals surface area contributed by atoms with Gasteiger partial charge < -0.3 is 15.4 Å². The summed E-state index contributed by atoms with van der Waals surface area (Å²) in [5.41, 5.74) is 0. The molecule has 6 heteroatoms. The molecule has 2 atom stereocenters. The predicted octanol–water partition coefficient (Wildman–Crippen LogP) is -0.401. The van der Waals surface area contributed by atoms with Crippen molar-refractivity contribution in [3.63, 3.8) is 0 Å². The quantitative estimate of drug-likeness (QED) is 0.615. The van der Waals surface area contributed by atoms with E-state index >= 15 is 0 Å². The first-order valence-electron chi connectivity index (χ1n) is 5.52. The molecule has 0 radical (unpaired) electrons. The van der Waals surface area contributed by atoms with Crippen molar-refractivity contribution in [2.45, 2.75) is 32.0 Å². The highest BCUT2D eigenvalue weighted by molar-refractivity contribution is 5.96. The van der Waals surface area contributed by atoms with Crippen molar-refractivity contribution in [2.24, 2.45) is 0 Å². The molecule has 1 saturated heterocycles. The Morgan fingerprint density at radius 1 is 1.50 bits per heavy atom. The number of rotatable bonds is 3. The van der Waals surface area contributed by atoms with Gasteiger partial charge in [0.1, 0.15) is 6.10 Å². The van der Waals surface area contributed by atoms with E-state index in [1.807, 2.05) is 0 Å². The molecule has 0 saturated carbocycles. The summed E-state index contributed by atoms with van der Waals surface area (Å²) in [5, 5.41) is 7.70. The minimum atomic E-state index is -0.609. The number of ether oxygens (including phenoxy) is 1. The predicted molar refractivity (Wildman–Crippen MR) is 59.0 cm³/mol. The fourth-order valence-electron chi connectivity index (χ4n) is 1.56. The number of carbonyl (C=O) groups is 2. The van der Waals surface area contributed by atoms with E-state index in [4.69, 9.17) is 4.74 Å². The lowest BCUT2D eigenvalue weighted by atomic mass is 10.1. The Balaban J connectivity index is 2.29. The molecule has 0 aromatic heterocycles. The van der Waals surface area contributed by atoms with Crippen molar-refractivity contribution in [1.82, 2.24) is 16.0 Å². The molecular weight excluding hydrogens is 210 g/mol. The molecule has 1 aliphatic rings. The Morgan fingerprint density at radius 2 is 2.25 bits per heavy atom. The van der Waals surface area contributed by atoms with E-state index in [2.05, 4.69) is 16.0 Å². The van der Waals surface area contributed by atoms with Gasteiger partial charge in [0.2, 0.25) is 0 Å². The molecule has 1 aliphatic heterocycles. The van der Waals surface area contributed by atoms with E-state index in [-0.39, 0.29) is 6.10 Å². The Labute approximate surface area is 95.1 Å². The largest absolute Gasteiger partial charge is 0.364 e. The molecule has 92 valence electrons. The minimum Gasteiger partial charge on any atom is -0.364 e. The van der Waals surface area contributed by atoms with Gasteiger partial charge in [-0.1, -0.05) is 0 Å². The number of hydrogen-bond donors (Lipinski definition) is 3. The molecular formula is C10H19N3O3. The first kappa shape index (κ1) is 12.9. The molecule has 1 fully saturated rings. The van der Waals surface area contributed by atoms with Crippen LogP contribution in [0.15, 0.2) is 0 Å². The lowest BCUT2D eigenvalue weighted by Gasteiger charge is -2.25. The van der Waals surface area contributed by atoms with Crippen LogP contribution in [0, 0.1) is 0 Å². The van der Waals surface area contributed by atoms with Crippen LogP contribution in [0.3, 0.4) is 0 Å². The monoisotopic (exact) mass is 229 g/mol. The van der Waals surface area contributed by atoms with E-state index in [0.29, 0.717) is 0 Å². The van der Waals surface area contributed by atoms with Crippen molar-refractivity contribution >= 4 is 11.9 Å². The van der Waals surface area contributed by atoms with E-state index in [9.17, 15) is 9.59 Å². The van der Waals surface area contributed by atoms with Crippen LogP contribution < -0.4 is 16.0 Å². The SMILES string of the molecule is CNC(=O)NC(=O)C(C)OC1CCCNC1. The Kier molecular flexibility index (Phi) is 5.21. The fourth-order valence-corrected chi connectivity index (χ4v) is 1.56. The molecule has 6 nitrogen and oxygen atoms in total. The van der Waals surface area contributed by atoms with Crippen LogP contribution in [0.25, 0.3) is 0 Å². The lowest BCUT2D eigenvalue weighted by Crippen LogP contribution is -2.45. The van der Waals surface area contributed by atoms with Crippen molar-refractivity contribution in [3.05, 3.63) is 0 Å². The lowest BCUT2D eigenvalue weighted by molar-refractivity contribution is -0.134. The molecule has 1 rings (SSSR count). The highest BCUT2D eigenvalue weighted by Crippen LogP contribution is 2.08. The van der Waals surface area contributed by atoms with Gasteiger partial charge in [-0.2, -0.15) is 0 Å². The Morgan fingerprint density at radius 3 is 2.81 bits per heavy atom. The number of nitrogens with one attached hydrogen (secondary N) is 3. The minimum absolute atomic E-state index is 0.0548. The van der Waals surface area contributed by atoms with Gasteiger partial charge in [0.25, 0.3) is 5.91 Å². The highest BCUT2D eigenvalue weighted by atomic mass is 16.5. The number of amides is 3. The van der Waals surface area contributed by atoms with Crippen LogP contribution in [0.5, 0.6) is 0 Å². The van der Waals surface area contributed by atoms with Gasteiger partial charge in [-0.3, -0.25) is 10.1 Å². The maximum atomic E-state index is 11.5. The van der Waals surface area contributed by atoms with Gasteiger partial charge in [-0.05, 0) is 26.3 Å². The molecule has 2 unspecified atom stereocenters. The summed E-state index contributed by atoms with van der Waals surface area (Å²) in [6, 6.07) is -0.512. The van der Waals surface area contributed by atoms with E-state index in [1.165, 1.54) is 7.05 Å². The highest BCUT2D eigenvalue weighted by Gasteiger charge is 2.21. The van der Waals surface area contributed by atoms with E-state index < -0.39 is 18.0 Å². The van der Waals surface area contributed by atoms with Crippen LogP contribution in [-0.2, 0) is 9.53 Å². The zero-order chi connectivity index (χ0) is 12.0. The first-order chi connectivity index (χ1) is 7.63. The summed E-state index contributed by atoms with van der Waals surface area (Å²) >= 11 is 0. The van der Waals surface area contributed by atoms with Crippen LogP contribution in [0.4, 0.5) is 4.79 Å². The van der Waals surface area contributed by atoms with Gasteiger partial charge in [-0.25, -0.2) is 4.79 Å². The topological polar surface area (TPSA) is 79.5 Å². The standard InChI is InChI=1S/C10H19N3O3/c1-7(9(14)13-10(15)11-2)16-8-4-3-5-12-6-8/h7-8,12H,3-6H2,1-2H3,(H2,11,13,14,15). The maximum absolute atomic E-state index is 11.5. The van der Waals surface area contributed by atoms with E-state index in [1.54, 1.807) is 6.92 Å². The average molecular weight is 229 g/mol. The summed E-state index contributed by atoms with van der Waals surface area (Å²) in [5.74, 6) is -0.412. The van der Waals surface area contributed by atoms with Gasteiger partial charge in [0, 0.05) is 13.6 Å². The summed E-state index contributed by atoms with van der Waals surface area (Å²) in [7, 11) is 1.46. The second-order valence-electron chi connectivity index (χ2n) is 3.82. The van der Waals surface area contributed by atoms with Gasteiger partial charge in [0.05, 0.1) is 6.10 Å². The van der Waals surface area contributed by atoms with Crippen molar-refractivity contribution in [1.29, 1.82) is 0 Å². The third-order valence-electron chi connectivity index (χ3n) is 2.48. The van der Waals surface area contributed by atoms with Crippen LogP contribution in [0.1, 0.15) is 19.8 Å². The summed E-state index contributed by atoms with van der Waals surface area (Å²) in [6.07, 6.45) is 1.44. The van der Waals surface area contributed by atoms with Crippen LogP contribution in [-0.4, -0.2) is 44.3 Å². The third kappa shape index (κ3) is 4.16. The maximum Gasteiger partial charge on any atom is 0.321 e. The zero-order valence-electron chi connectivity index (χ0n) is 9.71. The second-order valence-corrected chi connectivity index (χ2v) is 3.82. The number of piperidine rings is 1. The van der Waals surface area contributed by atoms with Crippen molar-refractivity contribution < 1.29 is 14.3 Å². The average Bonchev–Trinajstić information content (AvgIpc) is 2.30. The van der Waals surface area contributed by atoms with Crippen LogP contribution >= 0.6 is 0 Å². The summed E-state index contributed by atoms with van der Waals surface area (Å²) in [4.78, 5) is 22.4. The van der Waals surface area contributed by atoms with Crippen molar-refractivity contribution in [3.8, 4) is 0 Å². The Hall–Kier alpha value is -1.14. The molecule has 0 spiro atoms. The Bertz CT molecular complexity index is 252.